The van der Waals surface area contributed by atoms with Gasteiger partial charge in [-0.1, -0.05) is 6.92 Å². The van der Waals surface area contributed by atoms with Gasteiger partial charge in [0, 0.05) is 42.1 Å². The largest absolute Gasteiger partial charge is 0.338 e. The van der Waals surface area contributed by atoms with Crippen LogP contribution in [0.4, 0.5) is 5.95 Å². The summed E-state index contributed by atoms with van der Waals surface area (Å²) < 4.78 is 0. The second kappa shape index (κ2) is 7.02. The minimum Gasteiger partial charge on any atom is -0.338 e. The Labute approximate surface area is 124 Å². The van der Waals surface area contributed by atoms with Gasteiger partial charge in [0.25, 0.3) is 0 Å². The Morgan fingerprint density at radius 3 is 2.40 bits per heavy atom. The van der Waals surface area contributed by atoms with Crippen LogP contribution >= 0.6 is 0 Å². The molecule has 4 nitrogen and oxygen atoms in total. The molecule has 0 radical (unpaired) electrons. The van der Waals surface area contributed by atoms with Crippen molar-refractivity contribution in [1.29, 1.82) is 0 Å². The molecule has 1 rings (SSSR count). The van der Waals surface area contributed by atoms with Gasteiger partial charge in [0.05, 0.1) is 0 Å². The van der Waals surface area contributed by atoms with Gasteiger partial charge in [-0.05, 0) is 48.0 Å². The minimum absolute atomic E-state index is 0.108. The summed E-state index contributed by atoms with van der Waals surface area (Å²) in [6.45, 7) is 16.9. The quantitative estimate of drug-likeness (QED) is 0.867. The van der Waals surface area contributed by atoms with Crippen molar-refractivity contribution in [3.63, 3.8) is 0 Å². The first-order valence-electron chi connectivity index (χ1n) is 7.62. The lowest BCUT2D eigenvalue weighted by Gasteiger charge is -2.27. The zero-order valence-corrected chi connectivity index (χ0v) is 14.1. The minimum atomic E-state index is 0.108. The van der Waals surface area contributed by atoms with E-state index in [-0.39, 0.29) is 5.54 Å². The first-order valence-corrected chi connectivity index (χ1v) is 7.62. The summed E-state index contributed by atoms with van der Waals surface area (Å²) in [4.78, 5) is 11.5. The van der Waals surface area contributed by atoms with E-state index in [1.165, 1.54) is 5.56 Å². The zero-order chi connectivity index (χ0) is 15.3. The van der Waals surface area contributed by atoms with E-state index in [9.17, 15) is 0 Å². The number of nitrogens with zero attached hydrogens (tertiary/aromatic N) is 3. The summed E-state index contributed by atoms with van der Waals surface area (Å²) in [6.07, 6.45) is 3.06. The maximum atomic E-state index is 4.69. The van der Waals surface area contributed by atoms with Gasteiger partial charge in [-0.25, -0.2) is 9.97 Å². The Morgan fingerprint density at radius 1 is 1.30 bits per heavy atom. The van der Waals surface area contributed by atoms with Crippen LogP contribution in [0.3, 0.4) is 0 Å². The molecule has 0 aromatic carbocycles. The Kier molecular flexibility index (Phi) is 5.93. The van der Waals surface area contributed by atoms with E-state index in [0.717, 1.165) is 31.2 Å². The molecule has 20 heavy (non-hydrogen) atoms. The predicted octanol–water partition coefficient (Wildman–Crippen LogP) is 3.30. The van der Waals surface area contributed by atoms with Crippen LogP contribution in [0.15, 0.2) is 6.20 Å². The lowest BCUT2D eigenvalue weighted by atomic mass is 10.1. The van der Waals surface area contributed by atoms with Gasteiger partial charge in [-0.15, -0.1) is 0 Å². The molecule has 114 valence electrons. The SMILES string of the molecule is CCC(C)N(CC)c1ncc(CNC(C)(C)C)c(C)n1. The molecule has 0 saturated heterocycles. The molecule has 0 fully saturated rings. The molecule has 0 bridgehead atoms. The molecule has 4 heteroatoms. The summed E-state index contributed by atoms with van der Waals surface area (Å²) in [6, 6.07) is 0.470. The maximum absolute atomic E-state index is 4.69. The van der Waals surface area contributed by atoms with Crippen molar-refractivity contribution in [3.05, 3.63) is 17.5 Å². The Balaban J connectivity index is 2.86. The monoisotopic (exact) mass is 278 g/mol. The lowest BCUT2D eigenvalue weighted by molar-refractivity contribution is 0.423. The molecule has 1 atom stereocenters. The van der Waals surface area contributed by atoms with E-state index in [1.54, 1.807) is 0 Å². The fourth-order valence-corrected chi connectivity index (χ4v) is 2.02. The average molecular weight is 278 g/mol. The van der Waals surface area contributed by atoms with Crippen molar-refractivity contribution in [3.8, 4) is 0 Å². The van der Waals surface area contributed by atoms with Gasteiger partial charge in [-0.2, -0.15) is 0 Å². The third kappa shape index (κ3) is 4.75. The zero-order valence-electron chi connectivity index (χ0n) is 14.1. The van der Waals surface area contributed by atoms with Crippen LogP contribution in [0, 0.1) is 6.92 Å². The third-order valence-electron chi connectivity index (χ3n) is 3.60. The summed E-state index contributed by atoms with van der Waals surface area (Å²) in [5.41, 5.74) is 2.34. The number of hydrogen-bond acceptors (Lipinski definition) is 4. The highest BCUT2D eigenvalue weighted by Gasteiger charge is 2.15. The molecule has 0 aliphatic carbocycles. The highest BCUT2D eigenvalue weighted by Crippen LogP contribution is 2.15. The Hall–Kier alpha value is -1.16. The van der Waals surface area contributed by atoms with Crippen molar-refractivity contribution in [2.45, 2.75) is 73.0 Å². The molecule has 0 amide bonds. The fourth-order valence-electron chi connectivity index (χ4n) is 2.02. The van der Waals surface area contributed by atoms with Gasteiger partial charge in [0.2, 0.25) is 5.95 Å². The number of rotatable bonds is 6. The number of hydrogen-bond donors (Lipinski definition) is 1. The molecular weight excluding hydrogens is 248 g/mol. The topological polar surface area (TPSA) is 41.1 Å². The van der Waals surface area contributed by atoms with E-state index in [0.29, 0.717) is 6.04 Å². The smallest absolute Gasteiger partial charge is 0.225 e. The van der Waals surface area contributed by atoms with E-state index in [1.807, 2.05) is 6.20 Å². The molecule has 1 aromatic rings. The molecule has 0 spiro atoms. The second-order valence-electron chi connectivity index (χ2n) is 6.43. The van der Waals surface area contributed by atoms with Crippen molar-refractivity contribution < 1.29 is 0 Å². The molecular formula is C16H30N4. The normalized spacial score (nSPS) is 13.3. The fraction of sp³-hybridized carbons (Fsp3) is 0.750. The van der Waals surface area contributed by atoms with Gasteiger partial charge in [-0.3, -0.25) is 0 Å². The predicted molar refractivity (Wildman–Crippen MR) is 86.1 cm³/mol. The van der Waals surface area contributed by atoms with Gasteiger partial charge in [0.15, 0.2) is 0 Å². The number of aromatic nitrogens is 2. The standard InChI is InChI=1S/C16H30N4/c1-8-12(3)20(9-2)15-17-10-14(13(4)19-15)11-18-16(5,6)7/h10,12,18H,8-9,11H2,1-7H3. The Bertz CT molecular complexity index is 423. The van der Waals surface area contributed by atoms with Crippen molar-refractivity contribution in [2.75, 3.05) is 11.4 Å². The molecule has 1 heterocycles. The van der Waals surface area contributed by atoms with Crippen LogP contribution in [0.5, 0.6) is 0 Å². The van der Waals surface area contributed by atoms with Crippen molar-refractivity contribution >= 4 is 5.95 Å². The lowest BCUT2D eigenvalue weighted by Crippen LogP contribution is -2.36. The molecule has 0 saturated carbocycles. The van der Waals surface area contributed by atoms with Crippen LogP contribution in [0.1, 0.15) is 59.2 Å². The Morgan fingerprint density at radius 2 is 1.95 bits per heavy atom. The molecule has 0 aliphatic rings. The third-order valence-corrected chi connectivity index (χ3v) is 3.60. The van der Waals surface area contributed by atoms with Crippen molar-refractivity contribution in [1.82, 2.24) is 15.3 Å². The first-order chi connectivity index (χ1) is 9.28. The van der Waals surface area contributed by atoms with Gasteiger partial charge >= 0.3 is 0 Å². The number of anilines is 1. The number of aryl methyl sites for hydroxylation is 1. The maximum Gasteiger partial charge on any atom is 0.225 e. The van der Waals surface area contributed by atoms with Gasteiger partial charge < -0.3 is 10.2 Å². The second-order valence-corrected chi connectivity index (χ2v) is 6.43. The summed E-state index contributed by atoms with van der Waals surface area (Å²) in [7, 11) is 0. The highest BCUT2D eigenvalue weighted by atomic mass is 15.3. The van der Waals surface area contributed by atoms with Crippen LogP contribution in [0.2, 0.25) is 0 Å². The summed E-state index contributed by atoms with van der Waals surface area (Å²) in [5.74, 6) is 0.846. The van der Waals surface area contributed by atoms with E-state index >= 15 is 0 Å². The molecule has 1 aromatic heterocycles. The van der Waals surface area contributed by atoms with Crippen molar-refractivity contribution in [2.24, 2.45) is 0 Å². The van der Waals surface area contributed by atoms with Crippen LogP contribution in [0.25, 0.3) is 0 Å². The molecule has 1 unspecified atom stereocenters. The summed E-state index contributed by atoms with van der Waals surface area (Å²) in [5, 5.41) is 3.48. The van der Waals surface area contributed by atoms with Gasteiger partial charge in [0.1, 0.15) is 0 Å². The average Bonchev–Trinajstić information content (AvgIpc) is 2.37. The van der Waals surface area contributed by atoms with Crippen LogP contribution in [-0.4, -0.2) is 28.1 Å². The first kappa shape index (κ1) is 16.9. The van der Waals surface area contributed by atoms with Crippen LogP contribution < -0.4 is 10.2 Å². The van der Waals surface area contributed by atoms with Crippen LogP contribution in [-0.2, 0) is 6.54 Å². The number of nitrogens with one attached hydrogen (secondary N) is 1. The molecule has 1 N–H and O–H groups in total. The van der Waals surface area contributed by atoms with E-state index in [4.69, 9.17) is 0 Å². The highest BCUT2D eigenvalue weighted by molar-refractivity contribution is 5.34. The summed E-state index contributed by atoms with van der Waals surface area (Å²) >= 11 is 0. The van der Waals surface area contributed by atoms with E-state index in [2.05, 4.69) is 68.7 Å². The molecule has 0 aliphatic heterocycles. The van der Waals surface area contributed by atoms with E-state index < -0.39 is 0 Å².